The van der Waals surface area contributed by atoms with E-state index in [4.69, 9.17) is 5.26 Å². The van der Waals surface area contributed by atoms with Crippen LogP contribution < -0.4 is 0 Å². The van der Waals surface area contributed by atoms with Crippen LogP contribution in [0.5, 0.6) is 0 Å². The van der Waals surface area contributed by atoms with E-state index in [1.54, 1.807) is 12.4 Å². The highest BCUT2D eigenvalue weighted by atomic mass is 16.1. The second-order valence-electron chi connectivity index (χ2n) is 3.53. The average molecular weight is 213 g/mol. The largest absolute Gasteiger partial charge is 0.332 e. The molecule has 0 unspecified atom stereocenters. The number of rotatable bonds is 4. The van der Waals surface area contributed by atoms with Gasteiger partial charge in [0.2, 0.25) is 0 Å². The summed E-state index contributed by atoms with van der Waals surface area (Å²) >= 11 is 0. The predicted octanol–water partition coefficient (Wildman–Crippen LogP) is 2.15. The summed E-state index contributed by atoms with van der Waals surface area (Å²) in [6.07, 6.45) is 5.63. The van der Waals surface area contributed by atoms with Crippen molar-refractivity contribution in [3.05, 3.63) is 30.1 Å². The van der Waals surface area contributed by atoms with Crippen LogP contribution in [0.1, 0.15) is 23.2 Å². The summed E-state index contributed by atoms with van der Waals surface area (Å²) in [5.74, 6) is 0. The van der Waals surface area contributed by atoms with E-state index in [2.05, 4.69) is 11.1 Å². The summed E-state index contributed by atoms with van der Waals surface area (Å²) in [5.41, 5.74) is 1.46. The highest BCUT2D eigenvalue weighted by Gasteiger charge is 2.07. The molecule has 0 amide bonds. The Morgan fingerprint density at radius 3 is 3.19 bits per heavy atom. The molecule has 0 aromatic carbocycles. The number of nitriles is 1. The van der Waals surface area contributed by atoms with Crippen molar-refractivity contribution >= 4 is 17.3 Å². The third-order valence-electron chi connectivity index (χ3n) is 2.48. The third kappa shape index (κ3) is 1.80. The van der Waals surface area contributed by atoms with Crippen molar-refractivity contribution in [2.24, 2.45) is 0 Å². The molecule has 0 radical (unpaired) electrons. The molecule has 4 nitrogen and oxygen atoms in total. The van der Waals surface area contributed by atoms with Gasteiger partial charge in [0.15, 0.2) is 6.29 Å². The van der Waals surface area contributed by atoms with Crippen molar-refractivity contribution in [2.45, 2.75) is 19.4 Å². The van der Waals surface area contributed by atoms with Gasteiger partial charge in [-0.3, -0.25) is 4.79 Å². The fraction of sp³-hybridized carbons (Fsp3) is 0.250. The van der Waals surface area contributed by atoms with Gasteiger partial charge in [0, 0.05) is 36.3 Å². The summed E-state index contributed by atoms with van der Waals surface area (Å²) in [6, 6.07) is 5.80. The first-order chi connectivity index (χ1) is 7.86. The Balaban J connectivity index is 2.38. The zero-order chi connectivity index (χ0) is 11.4. The van der Waals surface area contributed by atoms with Crippen LogP contribution in [0.2, 0.25) is 0 Å². The van der Waals surface area contributed by atoms with Crippen LogP contribution in [0.3, 0.4) is 0 Å². The van der Waals surface area contributed by atoms with E-state index < -0.39 is 0 Å². The molecule has 0 saturated heterocycles. The highest BCUT2D eigenvalue weighted by molar-refractivity contribution is 5.95. The monoisotopic (exact) mass is 213 g/mol. The fourth-order valence-electron chi connectivity index (χ4n) is 1.74. The second kappa shape index (κ2) is 4.58. The van der Waals surface area contributed by atoms with Gasteiger partial charge >= 0.3 is 0 Å². The van der Waals surface area contributed by atoms with Crippen LogP contribution in [-0.4, -0.2) is 15.8 Å². The van der Waals surface area contributed by atoms with Crippen molar-refractivity contribution in [3.63, 3.8) is 0 Å². The first-order valence-electron chi connectivity index (χ1n) is 5.13. The number of aryl methyl sites for hydroxylation is 1. The summed E-state index contributed by atoms with van der Waals surface area (Å²) < 4.78 is 1.93. The lowest BCUT2D eigenvalue weighted by Gasteiger charge is -2.01. The molecular formula is C12H11N3O. The number of carbonyl (C=O) groups is 1. The standard InChI is InChI=1S/C12H11N3O/c13-5-1-2-7-15-8-10(9-16)11-4-3-6-14-12(11)15/h3-4,6,8-9H,1-2,7H2. The molecule has 2 aromatic rings. The molecule has 0 saturated carbocycles. The topological polar surface area (TPSA) is 58.7 Å². The first kappa shape index (κ1) is 10.4. The number of aldehydes is 1. The Hall–Kier alpha value is -2.15. The number of aromatic nitrogens is 2. The molecule has 0 N–H and O–H groups in total. The molecule has 4 heteroatoms. The van der Waals surface area contributed by atoms with Crippen LogP contribution in [0.25, 0.3) is 11.0 Å². The maximum atomic E-state index is 10.9. The SMILES string of the molecule is N#CCCCn1cc(C=O)c2cccnc21. The number of carbonyl (C=O) groups excluding carboxylic acids is 1. The minimum absolute atomic E-state index is 0.517. The van der Waals surface area contributed by atoms with E-state index in [0.29, 0.717) is 12.0 Å². The lowest BCUT2D eigenvalue weighted by atomic mass is 10.2. The lowest BCUT2D eigenvalue weighted by Crippen LogP contribution is -1.96. The number of unbranched alkanes of at least 4 members (excludes halogenated alkanes) is 1. The van der Waals surface area contributed by atoms with E-state index >= 15 is 0 Å². The zero-order valence-electron chi connectivity index (χ0n) is 8.76. The molecule has 80 valence electrons. The Bertz CT molecular complexity index is 551. The van der Waals surface area contributed by atoms with Gasteiger partial charge in [-0.1, -0.05) is 0 Å². The van der Waals surface area contributed by atoms with Crippen molar-refractivity contribution in [1.29, 1.82) is 5.26 Å². The Morgan fingerprint density at radius 1 is 1.56 bits per heavy atom. The van der Waals surface area contributed by atoms with Crippen molar-refractivity contribution in [1.82, 2.24) is 9.55 Å². The smallest absolute Gasteiger partial charge is 0.152 e. The predicted molar refractivity (Wildman–Crippen MR) is 60.0 cm³/mol. The minimum Gasteiger partial charge on any atom is -0.332 e. The average Bonchev–Trinajstić information content (AvgIpc) is 2.68. The number of hydrogen-bond donors (Lipinski definition) is 0. The number of fused-ring (bicyclic) bond motifs is 1. The van der Waals surface area contributed by atoms with Gasteiger partial charge in [0.25, 0.3) is 0 Å². The second-order valence-corrected chi connectivity index (χ2v) is 3.53. The quantitative estimate of drug-likeness (QED) is 0.577. The number of pyridine rings is 1. The Kier molecular flexibility index (Phi) is 2.97. The fourth-order valence-corrected chi connectivity index (χ4v) is 1.74. The molecule has 0 atom stereocenters. The Morgan fingerprint density at radius 2 is 2.44 bits per heavy atom. The molecule has 0 aliphatic heterocycles. The van der Waals surface area contributed by atoms with Gasteiger partial charge in [0.05, 0.1) is 6.07 Å². The minimum atomic E-state index is 0.517. The number of hydrogen-bond acceptors (Lipinski definition) is 3. The third-order valence-corrected chi connectivity index (χ3v) is 2.48. The van der Waals surface area contributed by atoms with Crippen molar-refractivity contribution in [2.75, 3.05) is 0 Å². The van der Waals surface area contributed by atoms with Gasteiger partial charge in [0.1, 0.15) is 5.65 Å². The van der Waals surface area contributed by atoms with Gasteiger partial charge in [-0.05, 0) is 18.6 Å². The van der Waals surface area contributed by atoms with Gasteiger partial charge in [-0.2, -0.15) is 5.26 Å². The summed E-state index contributed by atoms with van der Waals surface area (Å²) in [5, 5.41) is 9.35. The van der Waals surface area contributed by atoms with Gasteiger partial charge in [-0.15, -0.1) is 0 Å². The number of nitrogens with zero attached hydrogens (tertiary/aromatic N) is 3. The summed E-state index contributed by atoms with van der Waals surface area (Å²) in [7, 11) is 0. The van der Waals surface area contributed by atoms with Crippen LogP contribution in [0, 0.1) is 11.3 Å². The molecule has 0 bridgehead atoms. The van der Waals surface area contributed by atoms with E-state index in [-0.39, 0.29) is 0 Å². The maximum absolute atomic E-state index is 10.9. The van der Waals surface area contributed by atoms with Crippen molar-refractivity contribution in [3.8, 4) is 6.07 Å². The molecule has 2 rings (SSSR count). The van der Waals surface area contributed by atoms with Crippen LogP contribution in [0.15, 0.2) is 24.5 Å². The molecular weight excluding hydrogens is 202 g/mol. The van der Waals surface area contributed by atoms with Gasteiger partial charge < -0.3 is 4.57 Å². The molecule has 0 fully saturated rings. The van der Waals surface area contributed by atoms with Crippen LogP contribution in [-0.2, 0) is 6.54 Å². The first-order valence-corrected chi connectivity index (χ1v) is 5.13. The molecule has 0 spiro atoms. The van der Waals surface area contributed by atoms with E-state index in [0.717, 1.165) is 30.3 Å². The highest BCUT2D eigenvalue weighted by Crippen LogP contribution is 2.18. The normalized spacial score (nSPS) is 10.2. The maximum Gasteiger partial charge on any atom is 0.152 e. The van der Waals surface area contributed by atoms with E-state index in [1.807, 2.05) is 16.7 Å². The van der Waals surface area contributed by atoms with Gasteiger partial charge in [-0.25, -0.2) is 4.98 Å². The molecule has 0 aliphatic rings. The zero-order valence-corrected chi connectivity index (χ0v) is 8.76. The molecule has 0 aliphatic carbocycles. The summed E-state index contributed by atoms with van der Waals surface area (Å²) in [6.45, 7) is 0.717. The molecule has 2 heterocycles. The van der Waals surface area contributed by atoms with Crippen LogP contribution >= 0.6 is 0 Å². The lowest BCUT2D eigenvalue weighted by molar-refractivity contribution is 0.112. The summed E-state index contributed by atoms with van der Waals surface area (Å²) in [4.78, 5) is 15.1. The van der Waals surface area contributed by atoms with Crippen LogP contribution in [0.4, 0.5) is 0 Å². The van der Waals surface area contributed by atoms with Crippen molar-refractivity contribution < 1.29 is 4.79 Å². The Labute approximate surface area is 93.1 Å². The van der Waals surface area contributed by atoms with E-state index in [9.17, 15) is 4.79 Å². The molecule has 2 aromatic heterocycles. The van der Waals surface area contributed by atoms with E-state index in [1.165, 1.54) is 0 Å². The molecule has 16 heavy (non-hydrogen) atoms.